The molecule has 11 heteroatoms. The lowest BCUT2D eigenvalue weighted by Crippen LogP contribution is -2.32. The molecule has 1 saturated heterocycles. The first-order valence-electron chi connectivity index (χ1n) is 12.6. The minimum atomic E-state index is -1.17. The van der Waals surface area contributed by atoms with E-state index in [1.807, 2.05) is 60.7 Å². The van der Waals surface area contributed by atoms with Gasteiger partial charge in [-0.3, -0.25) is 0 Å². The van der Waals surface area contributed by atoms with Crippen molar-refractivity contribution in [2.75, 3.05) is 13.2 Å². The van der Waals surface area contributed by atoms with Crippen LogP contribution < -0.4 is 0 Å². The molecule has 40 heavy (non-hydrogen) atoms. The number of cyclic esters (lactones) is 4. The summed E-state index contributed by atoms with van der Waals surface area (Å²) >= 11 is 0. The molecule has 0 saturated carbocycles. The lowest BCUT2D eigenvalue weighted by molar-refractivity contribution is -0.146. The van der Waals surface area contributed by atoms with Crippen LogP contribution in [-0.2, 0) is 51.2 Å². The van der Waals surface area contributed by atoms with Gasteiger partial charge in [0.15, 0.2) is 29.8 Å². The first-order valence-corrected chi connectivity index (χ1v) is 12.6. The summed E-state index contributed by atoms with van der Waals surface area (Å²) < 4.78 is 31.2. The first-order chi connectivity index (χ1) is 19.3. The summed E-state index contributed by atoms with van der Waals surface area (Å²) in [5.74, 6) is -0.311. The predicted octanol–water partition coefficient (Wildman–Crippen LogP) is 2.69. The van der Waals surface area contributed by atoms with Crippen molar-refractivity contribution in [3.8, 4) is 0 Å². The van der Waals surface area contributed by atoms with Gasteiger partial charge in [0.1, 0.15) is 25.9 Å². The van der Waals surface area contributed by atoms with Gasteiger partial charge in [-0.2, -0.15) is 0 Å². The molecular formula is C29H30O11. The second kappa shape index (κ2) is 13.1. The highest BCUT2D eigenvalue weighted by Crippen LogP contribution is 2.30. The second-order valence-corrected chi connectivity index (χ2v) is 9.15. The minimum Gasteiger partial charge on any atom is -0.489 e. The van der Waals surface area contributed by atoms with Gasteiger partial charge in [0.25, 0.3) is 0 Å². The zero-order valence-corrected chi connectivity index (χ0v) is 22.0. The molecule has 1 unspecified atom stereocenters. The van der Waals surface area contributed by atoms with Crippen LogP contribution in [-0.4, -0.2) is 65.9 Å². The van der Waals surface area contributed by atoms with E-state index in [0.717, 1.165) is 11.1 Å². The van der Waals surface area contributed by atoms with Crippen LogP contribution in [0, 0.1) is 0 Å². The molecule has 2 N–H and O–H groups in total. The number of aliphatic hydroxyl groups excluding tert-OH is 2. The van der Waals surface area contributed by atoms with Crippen molar-refractivity contribution in [3.05, 3.63) is 94.5 Å². The minimum absolute atomic E-state index is 0.0439. The van der Waals surface area contributed by atoms with E-state index in [9.17, 15) is 19.5 Å². The predicted molar refractivity (Wildman–Crippen MR) is 137 cm³/mol. The number of aliphatic hydroxyl groups is 2. The van der Waals surface area contributed by atoms with Gasteiger partial charge in [0.05, 0.1) is 17.8 Å². The van der Waals surface area contributed by atoms with Gasteiger partial charge in [-0.05, 0) is 25.0 Å². The van der Waals surface area contributed by atoms with E-state index in [0.29, 0.717) is 23.5 Å². The van der Waals surface area contributed by atoms with E-state index in [2.05, 4.69) is 0 Å². The molecule has 0 spiro atoms. The summed E-state index contributed by atoms with van der Waals surface area (Å²) in [4.78, 5) is 34.2. The zero-order valence-electron chi connectivity index (χ0n) is 22.0. The molecule has 212 valence electrons. The van der Waals surface area contributed by atoms with Crippen molar-refractivity contribution in [2.24, 2.45) is 0 Å². The molecule has 3 heterocycles. The standard InChI is InChI=1S/C15H14O6.C14H16O5/c1-9-12(18-7-10-5-3-2-4-6-10)13(21-14(9)16)11-8-19-15(17)20-11;1-9-12(13(11(16)7-15)19-14(9)17)18-8-10-5-3-2-4-6-10/h2-6,11,13H,7-8H2,1H3;2-6,11,13,15-16H,7-8H2,1H3/t11?,13-;11-,13+/m10/s1. The van der Waals surface area contributed by atoms with Crippen LogP contribution in [0.2, 0.25) is 0 Å². The second-order valence-electron chi connectivity index (χ2n) is 9.15. The number of esters is 2. The molecule has 0 bridgehead atoms. The molecule has 0 aromatic heterocycles. The van der Waals surface area contributed by atoms with Crippen molar-refractivity contribution in [3.63, 3.8) is 0 Å². The number of hydrogen-bond donors (Lipinski definition) is 2. The normalized spacial score (nSPS) is 22.6. The Kier molecular flexibility index (Phi) is 9.41. The third-order valence-corrected chi connectivity index (χ3v) is 6.30. The van der Waals surface area contributed by atoms with Gasteiger partial charge in [-0.15, -0.1) is 0 Å². The van der Waals surface area contributed by atoms with Gasteiger partial charge in [-0.1, -0.05) is 60.7 Å². The van der Waals surface area contributed by atoms with E-state index in [4.69, 9.17) is 33.5 Å². The number of carbonyl (C=O) groups excluding carboxylic acids is 3. The molecular weight excluding hydrogens is 524 g/mol. The molecule has 2 aromatic rings. The topological polar surface area (TPSA) is 147 Å². The summed E-state index contributed by atoms with van der Waals surface area (Å²) in [6, 6.07) is 19.0. The monoisotopic (exact) mass is 554 g/mol. The van der Waals surface area contributed by atoms with Crippen molar-refractivity contribution in [1.29, 1.82) is 0 Å². The van der Waals surface area contributed by atoms with Crippen LogP contribution in [0.25, 0.3) is 0 Å². The van der Waals surface area contributed by atoms with Gasteiger partial charge < -0.3 is 38.6 Å². The molecule has 2 aromatic carbocycles. The van der Waals surface area contributed by atoms with E-state index in [1.165, 1.54) is 0 Å². The number of hydrogen-bond acceptors (Lipinski definition) is 11. The Bertz CT molecular complexity index is 1270. The van der Waals surface area contributed by atoms with E-state index >= 15 is 0 Å². The highest BCUT2D eigenvalue weighted by atomic mass is 16.8. The van der Waals surface area contributed by atoms with Crippen LogP contribution in [0.5, 0.6) is 0 Å². The Balaban J connectivity index is 0.000000186. The SMILES string of the molecule is CC1=C(OCc2ccccc2)[C@@H](C2COC(=O)O2)OC1=O.CC1=C(OCc2ccccc2)[C@@H]([C@@H](O)CO)OC1=O. The summed E-state index contributed by atoms with van der Waals surface area (Å²) in [7, 11) is 0. The maximum Gasteiger partial charge on any atom is 0.508 e. The van der Waals surface area contributed by atoms with Gasteiger partial charge in [-0.25, -0.2) is 14.4 Å². The maximum atomic E-state index is 11.7. The van der Waals surface area contributed by atoms with E-state index < -0.39 is 49.1 Å². The highest BCUT2D eigenvalue weighted by molar-refractivity contribution is 5.91. The Morgan fingerprint density at radius 1 is 0.800 bits per heavy atom. The maximum absolute atomic E-state index is 11.7. The van der Waals surface area contributed by atoms with Crippen LogP contribution in [0.15, 0.2) is 83.3 Å². The molecule has 0 aliphatic carbocycles. The van der Waals surface area contributed by atoms with E-state index in [-0.39, 0.29) is 19.0 Å². The summed E-state index contributed by atoms with van der Waals surface area (Å²) in [6.07, 6.45) is -4.27. The molecule has 0 radical (unpaired) electrons. The highest BCUT2D eigenvalue weighted by Gasteiger charge is 2.44. The fourth-order valence-corrected chi connectivity index (χ4v) is 4.08. The van der Waals surface area contributed by atoms with Crippen LogP contribution in [0.1, 0.15) is 25.0 Å². The first kappa shape index (κ1) is 28.7. The molecule has 3 aliphatic heterocycles. The molecule has 11 nitrogen and oxygen atoms in total. The fourth-order valence-electron chi connectivity index (χ4n) is 4.08. The lowest BCUT2D eigenvalue weighted by atomic mass is 10.1. The molecule has 5 rings (SSSR count). The van der Waals surface area contributed by atoms with Crippen molar-refractivity contribution in [2.45, 2.75) is 51.5 Å². The fraction of sp³-hybridized carbons (Fsp3) is 0.345. The molecule has 4 atom stereocenters. The Morgan fingerprint density at radius 3 is 1.85 bits per heavy atom. The number of benzene rings is 2. The summed E-state index contributed by atoms with van der Waals surface area (Å²) in [5.41, 5.74) is 2.63. The lowest BCUT2D eigenvalue weighted by Gasteiger charge is -2.19. The third-order valence-electron chi connectivity index (χ3n) is 6.30. The average Bonchev–Trinajstić information content (AvgIpc) is 3.62. The Labute approximate surface area is 230 Å². The van der Waals surface area contributed by atoms with Crippen molar-refractivity contribution in [1.82, 2.24) is 0 Å². The summed E-state index contributed by atoms with van der Waals surface area (Å²) in [6.45, 7) is 3.33. The van der Waals surface area contributed by atoms with Gasteiger partial charge in [0, 0.05) is 0 Å². The molecule has 3 aliphatic rings. The summed E-state index contributed by atoms with van der Waals surface area (Å²) in [5, 5.41) is 18.6. The van der Waals surface area contributed by atoms with Crippen LogP contribution in [0.4, 0.5) is 4.79 Å². The molecule has 1 fully saturated rings. The molecule has 0 amide bonds. The van der Waals surface area contributed by atoms with Crippen molar-refractivity contribution >= 4 is 18.1 Å². The number of rotatable bonds is 9. The number of carbonyl (C=O) groups is 3. The Morgan fingerprint density at radius 2 is 1.32 bits per heavy atom. The van der Waals surface area contributed by atoms with Crippen LogP contribution in [0.3, 0.4) is 0 Å². The van der Waals surface area contributed by atoms with Gasteiger partial charge in [0.2, 0.25) is 0 Å². The smallest absolute Gasteiger partial charge is 0.489 e. The third kappa shape index (κ3) is 6.80. The largest absolute Gasteiger partial charge is 0.508 e. The van der Waals surface area contributed by atoms with E-state index in [1.54, 1.807) is 13.8 Å². The number of ether oxygens (including phenoxy) is 6. The quantitative estimate of drug-likeness (QED) is 0.348. The van der Waals surface area contributed by atoms with Crippen molar-refractivity contribution < 1.29 is 53.0 Å². The van der Waals surface area contributed by atoms with Crippen LogP contribution >= 0.6 is 0 Å². The average molecular weight is 555 g/mol. The Hall–Kier alpha value is -4.35. The zero-order chi connectivity index (χ0) is 28.6. The van der Waals surface area contributed by atoms with Gasteiger partial charge >= 0.3 is 18.1 Å².